The van der Waals surface area contributed by atoms with Crippen LogP contribution in [0.4, 0.5) is 27.6 Å². The molecule has 4 N–H and O–H groups in total. The molecule has 3 rings (SSSR count). The highest BCUT2D eigenvalue weighted by Gasteiger charge is 2.66. The summed E-state index contributed by atoms with van der Waals surface area (Å²) in [4.78, 5) is 28.4. The molecule has 38 heavy (non-hydrogen) atoms. The Kier molecular flexibility index (Phi) is 8.04. The molecule has 208 valence electrons. The summed E-state index contributed by atoms with van der Waals surface area (Å²) in [5.41, 5.74) is 1.02. The van der Waals surface area contributed by atoms with Crippen molar-refractivity contribution in [2.45, 2.75) is 51.5 Å². The van der Waals surface area contributed by atoms with Gasteiger partial charge in [-0.1, -0.05) is 26.8 Å². The highest BCUT2D eigenvalue weighted by atomic mass is 19.4. The second-order valence-corrected chi connectivity index (χ2v) is 10.1. The first-order valence-electron chi connectivity index (χ1n) is 11.5. The Hall–Kier alpha value is -3.32. The van der Waals surface area contributed by atoms with Gasteiger partial charge >= 0.3 is 6.18 Å². The smallest absolute Gasteiger partial charge is 0.417 e. The standard InChI is InChI=1S/C25H28F5N3O5/c1-12-17(14-5-6-15(26)18(27)19(14)37-11-23(2,3)10-34)20(38-24(12,4)25(28,29)30)22(36)33-13-7-8-32-16(9-13)21(31)35/h5-9,12,17,20,34H,10-11H2,1-4H3,(H2,31,35)(H,32,33,36)/t12-,17-,20+,24+/m0/s1. The van der Waals surface area contributed by atoms with E-state index in [9.17, 15) is 36.6 Å². The van der Waals surface area contributed by atoms with Crippen LogP contribution in [0.15, 0.2) is 30.5 Å². The monoisotopic (exact) mass is 545 g/mol. The molecule has 0 aliphatic carbocycles. The minimum absolute atomic E-state index is 0.000806. The van der Waals surface area contributed by atoms with Gasteiger partial charge in [-0.2, -0.15) is 17.6 Å². The van der Waals surface area contributed by atoms with Crippen molar-refractivity contribution in [2.24, 2.45) is 17.1 Å². The van der Waals surface area contributed by atoms with E-state index >= 15 is 0 Å². The first-order chi connectivity index (χ1) is 17.5. The number of nitrogens with zero attached hydrogens (tertiary/aromatic N) is 1. The molecule has 0 spiro atoms. The number of aromatic nitrogens is 1. The number of anilines is 1. The summed E-state index contributed by atoms with van der Waals surface area (Å²) in [6.45, 7) is 4.43. The number of hydrogen-bond donors (Lipinski definition) is 3. The number of alkyl halides is 3. The summed E-state index contributed by atoms with van der Waals surface area (Å²) in [7, 11) is 0. The van der Waals surface area contributed by atoms with Gasteiger partial charge in [0.25, 0.3) is 11.8 Å². The van der Waals surface area contributed by atoms with E-state index in [0.717, 1.165) is 31.3 Å². The number of carbonyl (C=O) groups excluding carboxylic acids is 2. The van der Waals surface area contributed by atoms with Crippen molar-refractivity contribution in [3.05, 3.63) is 53.4 Å². The second kappa shape index (κ2) is 10.4. The Labute approximate surface area is 215 Å². The molecule has 1 aromatic carbocycles. The van der Waals surface area contributed by atoms with Crippen LogP contribution in [0.25, 0.3) is 0 Å². The average Bonchev–Trinajstić information content (AvgIpc) is 3.12. The van der Waals surface area contributed by atoms with Crippen molar-refractivity contribution >= 4 is 17.5 Å². The lowest BCUT2D eigenvalue weighted by Gasteiger charge is -2.32. The average molecular weight is 546 g/mol. The van der Waals surface area contributed by atoms with Gasteiger partial charge in [0.2, 0.25) is 5.82 Å². The number of pyridine rings is 1. The van der Waals surface area contributed by atoms with Crippen LogP contribution < -0.4 is 15.8 Å². The minimum atomic E-state index is -4.94. The number of nitrogens with two attached hydrogens (primary N) is 1. The normalized spacial score (nSPS) is 23.8. The van der Waals surface area contributed by atoms with Crippen LogP contribution in [0.2, 0.25) is 0 Å². The molecule has 2 aromatic rings. The van der Waals surface area contributed by atoms with Crippen LogP contribution in [0, 0.1) is 23.0 Å². The number of ether oxygens (including phenoxy) is 2. The van der Waals surface area contributed by atoms with E-state index in [2.05, 4.69) is 10.3 Å². The van der Waals surface area contributed by atoms with Crippen LogP contribution in [0.5, 0.6) is 5.75 Å². The SMILES string of the molecule is C[C@H]1[C@@H](c2ccc(F)c(F)c2OCC(C)(C)CO)[C@H](C(=O)Nc2ccnc(C(N)=O)c2)O[C@@]1(C)C(F)(F)F. The summed E-state index contributed by atoms with van der Waals surface area (Å²) < 4.78 is 82.5. The minimum Gasteiger partial charge on any atom is -0.489 e. The Balaban J connectivity index is 2.10. The van der Waals surface area contributed by atoms with Gasteiger partial charge in [0.15, 0.2) is 17.2 Å². The number of rotatable bonds is 8. The van der Waals surface area contributed by atoms with Gasteiger partial charge in [0.05, 0.1) is 13.2 Å². The lowest BCUT2D eigenvalue weighted by Crippen LogP contribution is -2.47. The molecular formula is C25H28F5N3O5. The van der Waals surface area contributed by atoms with Gasteiger partial charge in [-0.3, -0.25) is 14.6 Å². The van der Waals surface area contributed by atoms with Crippen LogP contribution in [0.1, 0.15) is 49.7 Å². The van der Waals surface area contributed by atoms with E-state index in [4.69, 9.17) is 15.2 Å². The lowest BCUT2D eigenvalue weighted by atomic mass is 9.77. The summed E-state index contributed by atoms with van der Waals surface area (Å²) in [6.07, 6.45) is -5.61. The van der Waals surface area contributed by atoms with Gasteiger partial charge in [-0.15, -0.1) is 0 Å². The van der Waals surface area contributed by atoms with Crippen LogP contribution in [-0.2, 0) is 9.53 Å². The van der Waals surface area contributed by atoms with Gasteiger partial charge in [-0.05, 0) is 25.1 Å². The molecule has 1 fully saturated rings. The van der Waals surface area contributed by atoms with Crippen molar-refractivity contribution in [1.82, 2.24) is 4.98 Å². The molecule has 1 aromatic heterocycles. The molecule has 2 amide bonds. The summed E-state index contributed by atoms with van der Waals surface area (Å²) in [6, 6.07) is 4.18. The molecule has 8 nitrogen and oxygen atoms in total. The largest absolute Gasteiger partial charge is 0.489 e. The number of benzene rings is 1. The fourth-order valence-electron chi connectivity index (χ4n) is 4.15. The predicted octanol–water partition coefficient (Wildman–Crippen LogP) is 3.93. The van der Waals surface area contributed by atoms with Crippen molar-refractivity contribution < 1.29 is 46.1 Å². The number of hydrogen-bond acceptors (Lipinski definition) is 6. The van der Waals surface area contributed by atoms with E-state index in [1.54, 1.807) is 13.8 Å². The molecule has 0 saturated carbocycles. The second-order valence-electron chi connectivity index (χ2n) is 10.1. The number of amides is 2. The van der Waals surface area contributed by atoms with Crippen LogP contribution in [0.3, 0.4) is 0 Å². The highest BCUT2D eigenvalue weighted by molar-refractivity contribution is 5.97. The number of primary amides is 1. The molecule has 4 atom stereocenters. The van der Waals surface area contributed by atoms with Crippen LogP contribution in [-0.4, -0.2) is 53.0 Å². The fourth-order valence-corrected chi connectivity index (χ4v) is 4.15. The molecule has 2 heterocycles. The van der Waals surface area contributed by atoms with E-state index in [1.165, 1.54) is 13.0 Å². The Bertz CT molecular complexity index is 1220. The predicted molar refractivity (Wildman–Crippen MR) is 125 cm³/mol. The van der Waals surface area contributed by atoms with Crippen molar-refractivity contribution in [3.63, 3.8) is 0 Å². The molecule has 0 unspecified atom stereocenters. The van der Waals surface area contributed by atoms with E-state index in [-0.39, 0.29) is 30.2 Å². The maximum atomic E-state index is 15.0. The molecular weight excluding hydrogens is 517 g/mol. The molecule has 0 bridgehead atoms. The Morgan fingerprint density at radius 3 is 2.47 bits per heavy atom. The fraction of sp³-hybridized carbons (Fsp3) is 0.480. The molecule has 1 aliphatic rings. The molecule has 1 saturated heterocycles. The van der Waals surface area contributed by atoms with E-state index < -0.39 is 64.3 Å². The van der Waals surface area contributed by atoms with Crippen molar-refractivity contribution in [2.75, 3.05) is 18.5 Å². The van der Waals surface area contributed by atoms with Crippen molar-refractivity contribution in [1.29, 1.82) is 0 Å². The maximum absolute atomic E-state index is 15.0. The van der Waals surface area contributed by atoms with Gasteiger partial charge in [0, 0.05) is 34.7 Å². The van der Waals surface area contributed by atoms with Crippen LogP contribution >= 0.6 is 0 Å². The zero-order chi connectivity index (χ0) is 28.6. The topological polar surface area (TPSA) is 124 Å². The maximum Gasteiger partial charge on any atom is 0.417 e. The zero-order valence-corrected chi connectivity index (χ0v) is 21.0. The number of carbonyl (C=O) groups is 2. The number of aliphatic hydroxyl groups is 1. The first-order valence-corrected chi connectivity index (χ1v) is 11.5. The zero-order valence-electron chi connectivity index (χ0n) is 21.0. The summed E-state index contributed by atoms with van der Waals surface area (Å²) >= 11 is 0. The summed E-state index contributed by atoms with van der Waals surface area (Å²) in [5.74, 6) is -8.30. The van der Waals surface area contributed by atoms with E-state index in [0.29, 0.717) is 0 Å². The number of aliphatic hydroxyl groups excluding tert-OH is 1. The van der Waals surface area contributed by atoms with Crippen molar-refractivity contribution in [3.8, 4) is 5.75 Å². The summed E-state index contributed by atoms with van der Waals surface area (Å²) in [5, 5.41) is 11.9. The third-order valence-electron chi connectivity index (χ3n) is 6.68. The van der Waals surface area contributed by atoms with Gasteiger partial charge < -0.3 is 25.6 Å². The number of nitrogens with one attached hydrogen (secondary N) is 1. The Morgan fingerprint density at radius 1 is 1.24 bits per heavy atom. The Morgan fingerprint density at radius 2 is 1.89 bits per heavy atom. The molecule has 0 radical (unpaired) electrons. The third-order valence-corrected chi connectivity index (χ3v) is 6.68. The molecule has 1 aliphatic heterocycles. The third kappa shape index (κ3) is 5.58. The highest BCUT2D eigenvalue weighted by Crippen LogP contribution is 2.55. The molecule has 13 heteroatoms. The van der Waals surface area contributed by atoms with E-state index in [1.807, 2.05) is 0 Å². The quantitative estimate of drug-likeness (QED) is 0.432. The van der Waals surface area contributed by atoms with Gasteiger partial charge in [-0.25, -0.2) is 4.39 Å². The lowest BCUT2D eigenvalue weighted by molar-refractivity contribution is -0.272. The first kappa shape index (κ1) is 29.2. The van der Waals surface area contributed by atoms with Gasteiger partial charge in [0.1, 0.15) is 11.8 Å². The number of halogens is 5.